The third-order valence-corrected chi connectivity index (χ3v) is 6.20. The second-order valence-corrected chi connectivity index (χ2v) is 8.86. The summed E-state index contributed by atoms with van der Waals surface area (Å²) in [7, 11) is 1.65. The molecule has 0 bridgehead atoms. The van der Waals surface area contributed by atoms with E-state index in [1.807, 2.05) is 42.5 Å². The van der Waals surface area contributed by atoms with Crippen molar-refractivity contribution in [2.75, 3.05) is 18.2 Å². The average molecular weight is 487 g/mol. The van der Waals surface area contributed by atoms with Crippen molar-refractivity contribution in [3.05, 3.63) is 52.5 Å². The summed E-state index contributed by atoms with van der Waals surface area (Å²) in [5.41, 5.74) is 3.31. The summed E-state index contributed by atoms with van der Waals surface area (Å²) in [4.78, 5) is 4.70. The van der Waals surface area contributed by atoms with Gasteiger partial charge in [-0.2, -0.15) is 4.98 Å². The molecular formula is C22H23BrN4O2S. The minimum Gasteiger partial charge on any atom is -0.496 e. The molecule has 0 saturated carbocycles. The highest BCUT2D eigenvalue weighted by atomic mass is 79.9. The molecule has 0 aliphatic carbocycles. The number of hydrogen-bond acceptors (Lipinski definition) is 7. The lowest BCUT2D eigenvalue weighted by molar-refractivity contribution is 0.219. The summed E-state index contributed by atoms with van der Waals surface area (Å²) in [5.74, 6) is 2.16. The van der Waals surface area contributed by atoms with Crippen LogP contribution in [0.25, 0.3) is 11.3 Å². The number of benzene rings is 2. The van der Waals surface area contributed by atoms with Gasteiger partial charge in [0, 0.05) is 21.5 Å². The molecule has 8 heteroatoms. The predicted octanol–water partition coefficient (Wildman–Crippen LogP) is 6.10. The summed E-state index contributed by atoms with van der Waals surface area (Å²) in [6.45, 7) is 2.19. The number of rotatable bonds is 7. The summed E-state index contributed by atoms with van der Waals surface area (Å²) in [5, 5.41) is 12.9. The maximum atomic E-state index is 6.35. The number of fused-ring (bicyclic) bond motifs is 3. The van der Waals surface area contributed by atoms with Gasteiger partial charge in [0.15, 0.2) is 5.69 Å². The lowest BCUT2D eigenvalue weighted by Gasteiger charge is -2.21. The lowest BCUT2D eigenvalue weighted by atomic mass is 10.1. The first kappa shape index (κ1) is 20.9. The molecule has 4 rings (SSSR count). The molecule has 0 amide bonds. The molecule has 1 aliphatic heterocycles. The van der Waals surface area contributed by atoms with Crippen molar-refractivity contribution in [2.24, 2.45) is 0 Å². The zero-order valence-electron chi connectivity index (χ0n) is 16.9. The Morgan fingerprint density at radius 2 is 2.03 bits per heavy atom. The van der Waals surface area contributed by atoms with Crippen molar-refractivity contribution < 1.29 is 9.47 Å². The van der Waals surface area contributed by atoms with Crippen molar-refractivity contribution in [1.82, 2.24) is 15.2 Å². The molecule has 1 N–H and O–H groups in total. The van der Waals surface area contributed by atoms with E-state index in [1.54, 1.807) is 18.9 Å². The monoisotopic (exact) mass is 486 g/mol. The number of thioether (sulfide) groups is 1. The summed E-state index contributed by atoms with van der Waals surface area (Å²) >= 11 is 5.16. The minimum atomic E-state index is -0.491. The standard InChI is InChI=1S/C22H23BrN4O2S/c1-3-4-7-12-30-22-25-21-19(26-27-22)15-8-5-6-9-17(15)24-20(29-21)16-13-14(23)10-11-18(16)28-2/h5-6,8-11,13,20,24H,3-4,7,12H2,1-2H3. The Hall–Kier alpha value is -2.32. The van der Waals surface area contributed by atoms with Gasteiger partial charge in [0.05, 0.1) is 12.7 Å². The Labute approximate surface area is 188 Å². The van der Waals surface area contributed by atoms with Gasteiger partial charge >= 0.3 is 0 Å². The fourth-order valence-corrected chi connectivity index (χ4v) is 4.43. The number of nitrogens with one attached hydrogen (secondary N) is 1. The highest BCUT2D eigenvalue weighted by Crippen LogP contribution is 2.41. The molecule has 156 valence electrons. The number of unbranched alkanes of at least 4 members (excludes halogenated alkanes) is 2. The topological polar surface area (TPSA) is 69.2 Å². The molecule has 1 aliphatic rings. The number of methoxy groups -OCH3 is 1. The molecule has 3 aromatic rings. The Morgan fingerprint density at radius 3 is 2.87 bits per heavy atom. The largest absolute Gasteiger partial charge is 0.496 e. The third kappa shape index (κ3) is 4.54. The van der Waals surface area contributed by atoms with Crippen LogP contribution >= 0.6 is 27.7 Å². The summed E-state index contributed by atoms with van der Waals surface area (Å²) in [6, 6.07) is 13.8. The van der Waals surface area contributed by atoms with Gasteiger partial charge < -0.3 is 14.8 Å². The maximum Gasteiger partial charge on any atom is 0.247 e. The smallest absolute Gasteiger partial charge is 0.247 e. The van der Waals surface area contributed by atoms with Gasteiger partial charge in [-0.3, -0.25) is 0 Å². The number of para-hydroxylation sites is 1. The maximum absolute atomic E-state index is 6.35. The summed E-state index contributed by atoms with van der Waals surface area (Å²) < 4.78 is 12.9. The molecule has 0 radical (unpaired) electrons. The number of anilines is 1. The van der Waals surface area contributed by atoms with Gasteiger partial charge in [-0.1, -0.05) is 65.7 Å². The fourth-order valence-electron chi connectivity index (χ4n) is 3.27. The normalized spacial score (nSPS) is 14.7. The van der Waals surface area contributed by atoms with Crippen molar-refractivity contribution in [3.8, 4) is 22.9 Å². The van der Waals surface area contributed by atoms with Crippen molar-refractivity contribution in [1.29, 1.82) is 0 Å². The summed E-state index contributed by atoms with van der Waals surface area (Å²) in [6.07, 6.45) is 3.02. The number of nitrogens with zero attached hydrogens (tertiary/aromatic N) is 3. The Morgan fingerprint density at radius 1 is 1.17 bits per heavy atom. The van der Waals surface area contributed by atoms with E-state index in [2.05, 4.69) is 38.4 Å². The van der Waals surface area contributed by atoms with Crippen LogP contribution in [0.5, 0.6) is 11.6 Å². The molecular weight excluding hydrogens is 464 g/mol. The molecule has 1 unspecified atom stereocenters. The highest BCUT2D eigenvalue weighted by molar-refractivity contribution is 9.10. The van der Waals surface area contributed by atoms with Crippen molar-refractivity contribution in [2.45, 2.75) is 37.6 Å². The van der Waals surface area contributed by atoms with Crippen LogP contribution in [0.4, 0.5) is 5.69 Å². The first-order valence-electron chi connectivity index (χ1n) is 9.93. The van der Waals surface area contributed by atoms with Crippen LogP contribution in [-0.2, 0) is 0 Å². The molecule has 1 aromatic heterocycles. The predicted molar refractivity (Wildman–Crippen MR) is 123 cm³/mol. The van der Waals surface area contributed by atoms with Gasteiger partial charge in [-0.15, -0.1) is 10.2 Å². The molecule has 0 saturated heterocycles. The van der Waals surface area contributed by atoms with E-state index < -0.39 is 6.23 Å². The molecule has 0 spiro atoms. The van der Waals surface area contributed by atoms with Crippen molar-refractivity contribution >= 4 is 33.4 Å². The average Bonchev–Trinajstić information content (AvgIpc) is 2.93. The molecule has 6 nitrogen and oxygen atoms in total. The van der Waals surface area contributed by atoms with E-state index in [1.165, 1.54) is 12.8 Å². The molecule has 1 atom stereocenters. The Kier molecular flexibility index (Phi) is 6.74. The second kappa shape index (κ2) is 9.66. The van der Waals surface area contributed by atoms with Crippen LogP contribution in [0.2, 0.25) is 0 Å². The third-order valence-electron chi connectivity index (χ3n) is 4.79. The number of ether oxygens (including phenoxy) is 2. The van der Waals surface area contributed by atoms with E-state index in [0.717, 1.165) is 39.2 Å². The van der Waals surface area contributed by atoms with E-state index in [4.69, 9.17) is 14.5 Å². The Bertz CT molecular complexity index is 1030. The van der Waals surface area contributed by atoms with Gasteiger partial charge in [-0.05, 0) is 30.7 Å². The Balaban J connectivity index is 1.73. The molecule has 0 fully saturated rings. The van der Waals surface area contributed by atoms with E-state index in [0.29, 0.717) is 16.7 Å². The number of hydrogen-bond donors (Lipinski definition) is 1. The molecule has 30 heavy (non-hydrogen) atoms. The van der Waals surface area contributed by atoms with Crippen LogP contribution < -0.4 is 14.8 Å². The van der Waals surface area contributed by atoms with E-state index in [9.17, 15) is 0 Å². The number of aromatic nitrogens is 3. The first-order chi connectivity index (χ1) is 14.7. The van der Waals surface area contributed by atoms with Crippen LogP contribution in [0, 0.1) is 0 Å². The van der Waals surface area contributed by atoms with Crippen LogP contribution in [0.15, 0.2) is 52.1 Å². The fraction of sp³-hybridized carbons (Fsp3) is 0.318. The van der Waals surface area contributed by atoms with Crippen molar-refractivity contribution in [3.63, 3.8) is 0 Å². The van der Waals surface area contributed by atoms with Gasteiger partial charge in [0.25, 0.3) is 0 Å². The van der Waals surface area contributed by atoms with E-state index in [-0.39, 0.29) is 0 Å². The van der Waals surface area contributed by atoms with Crippen LogP contribution in [0.3, 0.4) is 0 Å². The highest BCUT2D eigenvalue weighted by Gasteiger charge is 2.28. The number of halogens is 1. The second-order valence-electron chi connectivity index (χ2n) is 6.88. The quantitative estimate of drug-likeness (QED) is 0.319. The first-order valence-corrected chi connectivity index (χ1v) is 11.7. The van der Waals surface area contributed by atoms with Gasteiger partial charge in [0.2, 0.25) is 17.3 Å². The van der Waals surface area contributed by atoms with E-state index >= 15 is 0 Å². The van der Waals surface area contributed by atoms with Crippen LogP contribution in [0.1, 0.15) is 38.0 Å². The van der Waals surface area contributed by atoms with Gasteiger partial charge in [-0.25, -0.2) is 0 Å². The molecule has 2 heterocycles. The molecule has 2 aromatic carbocycles. The zero-order valence-corrected chi connectivity index (χ0v) is 19.3. The lowest BCUT2D eigenvalue weighted by Crippen LogP contribution is -2.18. The minimum absolute atomic E-state index is 0.465. The van der Waals surface area contributed by atoms with Gasteiger partial charge in [0.1, 0.15) is 5.75 Å². The zero-order chi connectivity index (χ0) is 20.9. The SMILES string of the molecule is CCCCCSc1nnc2c(n1)OC(c1cc(Br)ccc1OC)Nc1ccccc1-2. The van der Waals surface area contributed by atoms with Crippen LogP contribution in [-0.4, -0.2) is 28.0 Å².